The molecule has 1 nitrogen and oxygen atoms in total. The molecule has 2 atom stereocenters. The fourth-order valence-electron chi connectivity index (χ4n) is 1.66. The Hall–Kier alpha value is 0.110. The average molecular weight is 262 g/mol. The highest BCUT2D eigenvalue weighted by molar-refractivity contribution is 7.99. The average Bonchev–Trinajstić information content (AvgIpc) is 2.70. The predicted octanol–water partition coefficient (Wildman–Crippen LogP) is 4.11. The van der Waals surface area contributed by atoms with Gasteiger partial charge in [-0.2, -0.15) is 0 Å². The van der Waals surface area contributed by atoms with Crippen molar-refractivity contribution in [2.75, 3.05) is 5.75 Å². The van der Waals surface area contributed by atoms with Crippen LogP contribution in [0.2, 0.25) is 10.0 Å². The molecule has 1 heterocycles. The van der Waals surface area contributed by atoms with Gasteiger partial charge in [-0.15, -0.1) is 11.8 Å². The van der Waals surface area contributed by atoms with Crippen molar-refractivity contribution in [1.82, 2.24) is 5.32 Å². The fraction of sp³-hybridized carbons (Fsp3) is 0.455. The third-order valence-corrected chi connectivity index (χ3v) is 4.76. The second kappa shape index (κ2) is 4.96. The first-order valence-electron chi connectivity index (χ1n) is 5.04. The second-order valence-corrected chi connectivity index (χ2v) is 5.55. The van der Waals surface area contributed by atoms with Crippen molar-refractivity contribution >= 4 is 35.0 Å². The molecule has 0 aromatic heterocycles. The summed E-state index contributed by atoms with van der Waals surface area (Å²) in [5, 5.41) is 5.15. The van der Waals surface area contributed by atoms with E-state index in [2.05, 4.69) is 12.2 Å². The molecule has 0 bridgehead atoms. The van der Waals surface area contributed by atoms with Crippen LogP contribution < -0.4 is 5.32 Å². The maximum Gasteiger partial charge on any atom is 0.0807 e. The summed E-state index contributed by atoms with van der Waals surface area (Å²) in [5.41, 5.74) is 1.10. The van der Waals surface area contributed by atoms with Gasteiger partial charge in [-0.3, -0.25) is 5.32 Å². The lowest BCUT2D eigenvalue weighted by atomic mass is 10.2. The van der Waals surface area contributed by atoms with E-state index in [9.17, 15) is 0 Å². The van der Waals surface area contributed by atoms with Crippen molar-refractivity contribution in [3.63, 3.8) is 0 Å². The van der Waals surface area contributed by atoms with Gasteiger partial charge in [0, 0.05) is 11.8 Å². The van der Waals surface area contributed by atoms with Crippen LogP contribution in [-0.4, -0.2) is 11.8 Å². The molecule has 1 aliphatic heterocycles. The van der Waals surface area contributed by atoms with Gasteiger partial charge in [0.05, 0.1) is 15.4 Å². The molecule has 1 saturated heterocycles. The van der Waals surface area contributed by atoms with E-state index in [1.165, 1.54) is 0 Å². The Bertz CT molecular complexity index is 356. The van der Waals surface area contributed by atoms with Gasteiger partial charge in [-0.05, 0) is 18.1 Å². The van der Waals surface area contributed by atoms with E-state index >= 15 is 0 Å². The zero-order valence-electron chi connectivity index (χ0n) is 8.47. The van der Waals surface area contributed by atoms with Crippen LogP contribution in [0.3, 0.4) is 0 Å². The molecule has 0 spiro atoms. The molecule has 4 heteroatoms. The minimum absolute atomic E-state index is 0.293. The van der Waals surface area contributed by atoms with Gasteiger partial charge >= 0.3 is 0 Å². The summed E-state index contributed by atoms with van der Waals surface area (Å²) in [4.78, 5) is 0. The van der Waals surface area contributed by atoms with Crippen molar-refractivity contribution in [3.8, 4) is 0 Å². The molecular weight excluding hydrogens is 249 g/mol. The number of benzene rings is 1. The molecule has 0 amide bonds. The first kappa shape index (κ1) is 11.6. The summed E-state index contributed by atoms with van der Waals surface area (Å²) < 4.78 is 0. The molecule has 1 N–H and O–H groups in total. The lowest BCUT2D eigenvalue weighted by molar-refractivity contribution is 0.561. The Labute approximate surface area is 105 Å². The highest BCUT2D eigenvalue weighted by Gasteiger charge is 2.26. The molecule has 1 aliphatic rings. The van der Waals surface area contributed by atoms with Crippen LogP contribution in [0.1, 0.15) is 24.3 Å². The predicted molar refractivity (Wildman–Crippen MR) is 68.9 cm³/mol. The molecule has 1 aromatic rings. The summed E-state index contributed by atoms with van der Waals surface area (Å²) in [5.74, 6) is 1.14. The van der Waals surface area contributed by atoms with E-state index in [1.807, 2.05) is 30.0 Å². The molecule has 82 valence electrons. The summed E-state index contributed by atoms with van der Waals surface area (Å²) in [6, 6.07) is 6.40. The van der Waals surface area contributed by atoms with Crippen LogP contribution in [0.15, 0.2) is 18.2 Å². The molecule has 2 rings (SSSR count). The lowest BCUT2D eigenvalue weighted by Gasteiger charge is -2.14. The summed E-state index contributed by atoms with van der Waals surface area (Å²) in [6.07, 6.45) is 1.15. The van der Waals surface area contributed by atoms with Gasteiger partial charge in [0.25, 0.3) is 0 Å². The van der Waals surface area contributed by atoms with Crippen molar-refractivity contribution in [2.24, 2.45) is 0 Å². The van der Waals surface area contributed by atoms with Crippen LogP contribution in [0, 0.1) is 0 Å². The molecule has 1 aromatic carbocycles. The van der Waals surface area contributed by atoms with E-state index in [1.54, 1.807) is 0 Å². The lowest BCUT2D eigenvalue weighted by Crippen LogP contribution is -2.24. The van der Waals surface area contributed by atoms with Crippen LogP contribution in [0.5, 0.6) is 0 Å². The van der Waals surface area contributed by atoms with Gasteiger partial charge in [0.15, 0.2) is 0 Å². The summed E-state index contributed by atoms with van der Waals surface area (Å²) in [7, 11) is 0. The molecule has 0 radical (unpaired) electrons. The monoisotopic (exact) mass is 261 g/mol. The van der Waals surface area contributed by atoms with Crippen molar-refractivity contribution in [1.29, 1.82) is 0 Å². The van der Waals surface area contributed by atoms with Gasteiger partial charge in [-0.1, -0.05) is 42.3 Å². The SMILES string of the molecule is CCC1CSC(c2cccc(Cl)c2Cl)N1. The van der Waals surface area contributed by atoms with E-state index in [0.717, 1.165) is 17.7 Å². The molecule has 0 aliphatic carbocycles. The molecule has 2 unspecified atom stereocenters. The Morgan fingerprint density at radius 3 is 2.93 bits per heavy atom. The maximum atomic E-state index is 6.18. The zero-order chi connectivity index (χ0) is 10.8. The topological polar surface area (TPSA) is 12.0 Å². The molecule has 1 fully saturated rings. The van der Waals surface area contributed by atoms with Gasteiger partial charge in [-0.25, -0.2) is 0 Å². The number of hydrogen-bond acceptors (Lipinski definition) is 2. The van der Waals surface area contributed by atoms with E-state index in [4.69, 9.17) is 23.2 Å². The minimum atomic E-state index is 0.293. The number of nitrogens with one attached hydrogen (secondary N) is 1. The number of halogens is 2. The van der Waals surface area contributed by atoms with E-state index in [0.29, 0.717) is 21.5 Å². The Morgan fingerprint density at radius 2 is 2.27 bits per heavy atom. The number of hydrogen-bond donors (Lipinski definition) is 1. The smallest absolute Gasteiger partial charge is 0.0807 e. The number of rotatable bonds is 2. The van der Waals surface area contributed by atoms with Crippen LogP contribution in [0.25, 0.3) is 0 Å². The van der Waals surface area contributed by atoms with Crippen molar-refractivity contribution < 1.29 is 0 Å². The van der Waals surface area contributed by atoms with E-state index < -0.39 is 0 Å². The highest BCUT2D eigenvalue weighted by Crippen LogP contribution is 2.39. The largest absolute Gasteiger partial charge is 0.298 e. The molecule has 0 saturated carbocycles. The maximum absolute atomic E-state index is 6.18. The molecular formula is C11H13Cl2NS. The van der Waals surface area contributed by atoms with Crippen molar-refractivity contribution in [2.45, 2.75) is 24.8 Å². The van der Waals surface area contributed by atoms with Crippen molar-refractivity contribution in [3.05, 3.63) is 33.8 Å². The standard InChI is InChI=1S/C11H13Cl2NS/c1-2-7-6-15-11(14-7)8-4-3-5-9(12)10(8)13/h3-5,7,11,14H,2,6H2,1H3. The van der Waals surface area contributed by atoms with E-state index in [-0.39, 0.29) is 0 Å². The summed E-state index contributed by atoms with van der Waals surface area (Å²) >= 11 is 14.1. The quantitative estimate of drug-likeness (QED) is 0.860. The first-order valence-corrected chi connectivity index (χ1v) is 6.84. The highest BCUT2D eigenvalue weighted by atomic mass is 35.5. The van der Waals surface area contributed by atoms with Gasteiger partial charge in [0.1, 0.15) is 0 Å². The summed E-state index contributed by atoms with van der Waals surface area (Å²) in [6.45, 7) is 2.19. The zero-order valence-corrected chi connectivity index (χ0v) is 10.8. The third kappa shape index (κ3) is 2.44. The Balaban J connectivity index is 2.20. The Morgan fingerprint density at radius 1 is 1.47 bits per heavy atom. The normalized spacial score (nSPS) is 25.8. The minimum Gasteiger partial charge on any atom is -0.298 e. The van der Waals surface area contributed by atoms with Crippen LogP contribution in [-0.2, 0) is 0 Å². The van der Waals surface area contributed by atoms with Gasteiger partial charge < -0.3 is 0 Å². The Kier molecular flexibility index (Phi) is 3.83. The number of thioether (sulfide) groups is 1. The van der Waals surface area contributed by atoms with Gasteiger partial charge in [0.2, 0.25) is 0 Å². The fourth-order valence-corrected chi connectivity index (χ4v) is 3.56. The van der Waals surface area contributed by atoms with Crippen LogP contribution >= 0.6 is 35.0 Å². The second-order valence-electron chi connectivity index (χ2n) is 3.63. The van der Waals surface area contributed by atoms with Crippen LogP contribution in [0.4, 0.5) is 0 Å². The first-order chi connectivity index (χ1) is 7.22. The molecule has 15 heavy (non-hydrogen) atoms. The third-order valence-electron chi connectivity index (χ3n) is 2.61.